The fourth-order valence-electron chi connectivity index (χ4n) is 5.14. The first-order valence-corrected chi connectivity index (χ1v) is 11.2. The van der Waals surface area contributed by atoms with Gasteiger partial charge < -0.3 is 10.3 Å². The summed E-state index contributed by atoms with van der Waals surface area (Å²) in [6.45, 7) is 7.62. The molecule has 158 valence electrons. The third-order valence-electron chi connectivity index (χ3n) is 6.60. The lowest BCUT2D eigenvalue weighted by Crippen LogP contribution is -2.30. The molecule has 0 aliphatic carbocycles. The van der Waals surface area contributed by atoms with Crippen molar-refractivity contribution < 1.29 is 0 Å². The second-order valence-corrected chi connectivity index (χ2v) is 8.55. The molecule has 4 aromatic carbocycles. The summed E-state index contributed by atoms with van der Waals surface area (Å²) in [4.78, 5) is 3.59. The number of fused-ring (bicyclic) bond motifs is 5. The van der Waals surface area contributed by atoms with Gasteiger partial charge in [-0.3, -0.25) is 0 Å². The standard InChI is InChI=1S/C27H22N2.C3H6/c1-27(19-12-6-3-7-13-19)21-16-17-23-24(20-14-8-9-15-22(20)28-23)25(21)29-26(27)18-10-4-2-5-11-18;1-3-2/h2-17,26,28-29H,1H3;3H,1H2,2H3. The summed E-state index contributed by atoms with van der Waals surface area (Å²) in [5, 5.41) is 6.51. The largest absolute Gasteiger partial charge is 0.376 e. The minimum Gasteiger partial charge on any atom is -0.376 e. The van der Waals surface area contributed by atoms with Gasteiger partial charge in [0.25, 0.3) is 0 Å². The number of anilines is 1. The zero-order chi connectivity index (χ0) is 22.1. The van der Waals surface area contributed by atoms with Crippen LogP contribution in [0.5, 0.6) is 0 Å². The molecule has 5 aromatic rings. The van der Waals surface area contributed by atoms with Gasteiger partial charge in [0.05, 0.1) is 6.04 Å². The summed E-state index contributed by atoms with van der Waals surface area (Å²) in [5.41, 5.74) is 7.45. The molecule has 0 saturated carbocycles. The van der Waals surface area contributed by atoms with Crippen LogP contribution in [-0.4, -0.2) is 4.98 Å². The molecule has 0 spiro atoms. The van der Waals surface area contributed by atoms with Crippen LogP contribution < -0.4 is 5.32 Å². The molecule has 0 bridgehead atoms. The zero-order valence-corrected chi connectivity index (χ0v) is 18.6. The average Bonchev–Trinajstić information content (AvgIpc) is 3.37. The van der Waals surface area contributed by atoms with Gasteiger partial charge in [-0.1, -0.05) is 91.0 Å². The molecule has 2 heteroatoms. The molecule has 1 aliphatic rings. The summed E-state index contributed by atoms with van der Waals surface area (Å²) in [6.07, 6.45) is 1.75. The second-order valence-electron chi connectivity index (χ2n) is 8.55. The summed E-state index contributed by atoms with van der Waals surface area (Å²) in [5.74, 6) is 0. The molecule has 0 radical (unpaired) electrons. The van der Waals surface area contributed by atoms with Gasteiger partial charge in [0.1, 0.15) is 0 Å². The molecule has 2 N–H and O–H groups in total. The van der Waals surface area contributed by atoms with E-state index in [4.69, 9.17) is 0 Å². The Bertz CT molecular complexity index is 1380. The van der Waals surface area contributed by atoms with Crippen LogP contribution in [-0.2, 0) is 5.41 Å². The van der Waals surface area contributed by atoms with Crippen molar-refractivity contribution in [3.8, 4) is 0 Å². The van der Waals surface area contributed by atoms with Gasteiger partial charge in [-0.05, 0) is 42.7 Å². The van der Waals surface area contributed by atoms with E-state index < -0.39 is 0 Å². The van der Waals surface area contributed by atoms with Crippen molar-refractivity contribution in [2.75, 3.05) is 5.32 Å². The van der Waals surface area contributed by atoms with Gasteiger partial charge in [0, 0.05) is 32.9 Å². The summed E-state index contributed by atoms with van der Waals surface area (Å²) in [6, 6.07) is 35.0. The van der Waals surface area contributed by atoms with Crippen molar-refractivity contribution in [2.24, 2.45) is 0 Å². The number of aromatic nitrogens is 1. The van der Waals surface area contributed by atoms with Gasteiger partial charge in [-0.15, -0.1) is 6.58 Å². The van der Waals surface area contributed by atoms with E-state index >= 15 is 0 Å². The maximum atomic E-state index is 3.94. The highest BCUT2D eigenvalue weighted by Gasteiger charge is 2.46. The van der Waals surface area contributed by atoms with E-state index in [1.807, 2.05) is 6.92 Å². The van der Waals surface area contributed by atoms with Crippen molar-refractivity contribution in [3.05, 3.63) is 126 Å². The summed E-state index contributed by atoms with van der Waals surface area (Å²) in [7, 11) is 0. The summed E-state index contributed by atoms with van der Waals surface area (Å²) >= 11 is 0. The Morgan fingerprint density at radius 3 is 2.12 bits per heavy atom. The summed E-state index contributed by atoms with van der Waals surface area (Å²) < 4.78 is 0. The number of hydrogen-bond donors (Lipinski definition) is 2. The Balaban J connectivity index is 0.000000684. The van der Waals surface area contributed by atoms with Crippen LogP contribution in [0.2, 0.25) is 0 Å². The third-order valence-corrected chi connectivity index (χ3v) is 6.60. The number of rotatable bonds is 2. The number of hydrogen-bond acceptors (Lipinski definition) is 1. The van der Waals surface area contributed by atoms with E-state index in [1.165, 1.54) is 44.2 Å². The van der Waals surface area contributed by atoms with Crippen LogP contribution in [0.15, 0.2) is 110 Å². The molecule has 0 saturated heterocycles. The van der Waals surface area contributed by atoms with E-state index in [2.05, 4.69) is 121 Å². The molecule has 32 heavy (non-hydrogen) atoms. The Morgan fingerprint density at radius 1 is 0.781 bits per heavy atom. The lowest BCUT2D eigenvalue weighted by Gasteiger charge is -2.33. The van der Waals surface area contributed by atoms with Gasteiger partial charge in [-0.2, -0.15) is 0 Å². The molecule has 0 amide bonds. The number of allylic oxidation sites excluding steroid dienone is 1. The SMILES string of the molecule is C=CC.CC1(c2ccccc2)c2ccc3[nH]c4ccccc4c3c2NC1c1ccccc1. The highest BCUT2D eigenvalue weighted by molar-refractivity contribution is 6.14. The number of aromatic amines is 1. The molecular weight excluding hydrogens is 388 g/mol. The van der Waals surface area contributed by atoms with Gasteiger partial charge in [0.2, 0.25) is 0 Å². The number of para-hydroxylation sites is 1. The molecule has 2 atom stereocenters. The molecule has 1 aliphatic heterocycles. The fraction of sp³-hybridized carbons (Fsp3) is 0.133. The van der Waals surface area contributed by atoms with Crippen molar-refractivity contribution in [1.82, 2.24) is 4.98 Å². The van der Waals surface area contributed by atoms with E-state index in [9.17, 15) is 0 Å². The van der Waals surface area contributed by atoms with Gasteiger partial charge in [0.15, 0.2) is 0 Å². The maximum Gasteiger partial charge on any atom is 0.0649 e. The van der Waals surface area contributed by atoms with Crippen molar-refractivity contribution in [1.29, 1.82) is 0 Å². The molecule has 6 rings (SSSR count). The van der Waals surface area contributed by atoms with Crippen LogP contribution in [0.25, 0.3) is 21.8 Å². The minimum atomic E-state index is -0.162. The Morgan fingerprint density at radius 2 is 1.41 bits per heavy atom. The number of benzene rings is 4. The lowest BCUT2D eigenvalue weighted by atomic mass is 9.71. The number of nitrogens with one attached hydrogen (secondary N) is 2. The van der Waals surface area contributed by atoms with Crippen molar-refractivity contribution in [2.45, 2.75) is 25.3 Å². The maximum absolute atomic E-state index is 3.94. The topological polar surface area (TPSA) is 27.8 Å². The highest BCUT2D eigenvalue weighted by Crippen LogP contribution is 2.55. The van der Waals surface area contributed by atoms with Crippen LogP contribution in [0, 0.1) is 0 Å². The molecule has 2 unspecified atom stereocenters. The third kappa shape index (κ3) is 3.03. The van der Waals surface area contributed by atoms with E-state index in [1.54, 1.807) is 6.08 Å². The predicted octanol–water partition coefficient (Wildman–Crippen LogP) is 7.99. The van der Waals surface area contributed by atoms with Crippen LogP contribution in [0.1, 0.15) is 36.6 Å². The Kier molecular flexibility index (Phi) is 5.07. The van der Waals surface area contributed by atoms with Gasteiger partial charge >= 0.3 is 0 Å². The average molecular weight is 417 g/mol. The van der Waals surface area contributed by atoms with Crippen LogP contribution in [0.3, 0.4) is 0 Å². The molecule has 0 fully saturated rings. The van der Waals surface area contributed by atoms with Crippen molar-refractivity contribution >= 4 is 27.5 Å². The molecule has 1 aromatic heterocycles. The van der Waals surface area contributed by atoms with Crippen LogP contribution >= 0.6 is 0 Å². The van der Waals surface area contributed by atoms with E-state index in [0.29, 0.717) is 0 Å². The normalized spacial score (nSPS) is 19.1. The quantitative estimate of drug-likeness (QED) is 0.280. The fourth-order valence-corrected chi connectivity index (χ4v) is 5.14. The monoisotopic (exact) mass is 416 g/mol. The molecule has 2 nitrogen and oxygen atoms in total. The molecule has 2 heterocycles. The van der Waals surface area contributed by atoms with Crippen LogP contribution in [0.4, 0.5) is 5.69 Å². The zero-order valence-electron chi connectivity index (χ0n) is 18.6. The first kappa shape index (κ1) is 20.1. The molecular formula is C30H28N2. The lowest BCUT2D eigenvalue weighted by molar-refractivity contribution is 0.514. The smallest absolute Gasteiger partial charge is 0.0649 e. The van der Waals surface area contributed by atoms with Gasteiger partial charge in [-0.25, -0.2) is 0 Å². The second kappa shape index (κ2) is 8.05. The Labute approximate surface area is 189 Å². The number of H-pyrrole nitrogens is 1. The van der Waals surface area contributed by atoms with Crippen molar-refractivity contribution in [3.63, 3.8) is 0 Å². The van der Waals surface area contributed by atoms with E-state index in [-0.39, 0.29) is 11.5 Å². The van der Waals surface area contributed by atoms with E-state index in [0.717, 1.165) is 0 Å². The minimum absolute atomic E-state index is 0.162. The first-order valence-electron chi connectivity index (χ1n) is 11.2. The Hall–Kier alpha value is -3.78. The highest BCUT2D eigenvalue weighted by atomic mass is 15.0. The first-order chi connectivity index (χ1) is 15.7. The predicted molar refractivity (Wildman–Crippen MR) is 137 cm³/mol.